The summed E-state index contributed by atoms with van der Waals surface area (Å²) in [7, 11) is 0. The summed E-state index contributed by atoms with van der Waals surface area (Å²) in [5.74, 6) is 0. The van der Waals surface area contributed by atoms with E-state index in [0.29, 0.717) is 0 Å². The van der Waals surface area contributed by atoms with Crippen LogP contribution >= 0.6 is 0 Å². The summed E-state index contributed by atoms with van der Waals surface area (Å²) in [6, 6.07) is 0. The lowest BCUT2D eigenvalue weighted by Crippen LogP contribution is -2.68. The SMILES string of the molecule is CC(C)(C)N=CC[N]([Al]1[N](C(C)(C)C)C=C[N]1C(C)(C)C)C(C)(C)C. The quantitative estimate of drug-likeness (QED) is 0.538. The minimum atomic E-state index is -1.59. The van der Waals surface area contributed by atoms with Gasteiger partial charge in [0.1, 0.15) is 0 Å². The number of aliphatic imine (C=N–C) groups is 1. The Hall–Kier alpha value is -0.498. The first-order chi connectivity index (χ1) is 10.9. The van der Waals surface area contributed by atoms with Crippen LogP contribution in [0, 0.1) is 0 Å². The Labute approximate surface area is 162 Å². The van der Waals surface area contributed by atoms with Crippen LogP contribution in [0.2, 0.25) is 0 Å². The third-order valence-corrected chi connectivity index (χ3v) is 8.76. The van der Waals surface area contributed by atoms with Gasteiger partial charge in [0.05, 0.1) is 5.54 Å². The molecule has 0 saturated heterocycles. The molecule has 0 atom stereocenters. The molecule has 0 aliphatic carbocycles. The van der Waals surface area contributed by atoms with E-state index < -0.39 is 14.8 Å². The topological polar surface area (TPSA) is 22.1 Å². The molecule has 0 radical (unpaired) electrons. The third kappa shape index (κ3) is 6.31. The highest BCUT2D eigenvalue weighted by molar-refractivity contribution is 6.52. The van der Waals surface area contributed by atoms with Gasteiger partial charge in [0, 0.05) is 23.8 Å². The molecule has 1 aliphatic rings. The van der Waals surface area contributed by atoms with E-state index in [9.17, 15) is 0 Å². The average molecular weight is 365 g/mol. The van der Waals surface area contributed by atoms with Crippen LogP contribution in [0.4, 0.5) is 0 Å². The summed E-state index contributed by atoms with van der Waals surface area (Å²) >= 11 is -1.59. The highest BCUT2D eigenvalue weighted by Gasteiger charge is 2.53. The van der Waals surface area contributed by atoms with Gasteiger partial charge in [-0.15, -0.1) is 0 Å². The molecule has 0 aromatic rings. The van der Waals surface area contributed by atoms with Crippen molar-refractivity contribution in [2.75, 3.05) is 6.54 Å². The van der Waals surface area contributed by atoms with Gasteiger partial charge in [-0.3, -0.25) is 4.99 Å². The van der Waals surface area contributed by atoms with Crippen LogP contribution in [0.1, 0.15) is 83.1 Å². The van der Waals surface area contributed by atoms with Crippen molar-refractivity contribution in [2.45, 2.75) is 105 Å². The van der Waals surface area contributed by atoms with Crippen LogP contribution in [0.25, 0.3) is 0 Å². The molecule has 0 saturated carbocycles. The largest absolute Gasteiger partial charge is 0.698 e. The van der Waals surface area contributed by atoms with Gasteiger partial charge >= 0.3 is 14.8 Å². The molecular weight excluding hydrogens is 323 g/mol. The smallest absolute Gasteiger partial charge is 0.431 e. The second kappa shape index (κ2) is 7.25. The molecule has 1 rings (SSSR count). The van der Waals surface area contributed by atoms with Gasteiger partial charge in [0.25, 0.3) is 0 Å². The highest BCUT2D eigenvalue weighted by Crippen LogP contribution is 2.32. The predicted molar refractivity (Wildman–Crippen MR) is 113 cm³/mol. The number of rotatable bonds is 3. The predicted octanol–water partition coefficient (Wildman–Crippen LogP) is 4.63. The van der Waals surface area contributed by atoms with Crippen LogP contribution in [-0.2, 0) is 0 Å². The Morgan fingerprint density at radius 2 is 1.20 bits per heavy atom. The molecule has 1 aliphatic heterocycles. The van der Waals surface area contributed by atoms with Gasteiger partial charge in [-0.2, -0.15) is 0 Å². The monoisotopic (exact) mass is 364 g/mol. The molecule has 0 bridgehead atoms. The van der Waals surface area contributed by atoms with Crippen LogP contribution < -0.4 is 0 Å². The minimum absolute atomic E-state index is 0.0214. The fourth-order valence-corrected chi connectivity index (χ4v) is 6.68. The Kier molecular flexibility index (Phi) is 6.54. The lowest BCUT2D eigenvalue weighted by atomic mass is 10.1. The third-order valence-electron chi connectivity index (χ3n) is 4.33. The lowest BCUT2D eigenvalue weighted by Gasteiger charge is -2.49. The van der Waals surface area contributed by atoms with Crippen LogP contribution in [0.3, 0.4) is 0 Å². The summed E-state index contributed by atoms with van der Waals surface area (Å²) in [5, 5.41) is 0. The summed E-state index contributed by atoms with van der Waals surface area (Å²) in [6.45, 7) is 28.2. The summed E-state index contributed by atoms with van der Waals surface area (Å²) < 4.78 is 7.89. The van der Waals surface area contributed by atoms with Gasteiger partial charge in [-0.25, -0.2) is 0 Å². The fraction of sp³-hybridized carbons (Fsp3) is 0.850. The molecule has 0 fully saturated rings. The maximum absolute atomic E-state index is 4.75. The van der Waals surface area contributed by atoms with Gasteiger partial charge in [-0.1, -0.05) is 0 Å². The van der Waals surface area contributed by atoms with Gasteiger partial charge < -0.3 is 11.7 Å². The first-order valence-electron chi connectivity index (χ1n) is 9.50. The average Bonchev–Trinajstić information content (AvgIpc) is 2.75. The molecule has 0 amide bonds. The molecule has 5 heteroatoms. The molecule has 0 aromatic heterocycles. The zero-order valence-corrected chi connectivity index (χ0v) is 20.0. The summed E-state index contributed by atoms with van der Waals surface area (Å²) in [4.78, 5) is 4.75. The van der Waals surface area contributed by atoms with E-state index in [1.54, 1.807) is 0 Å². The lowest BCUT2D eigenvalue weighted by molar-refractivity contribution is 0.185. The van der Waals surface area contributed by atoms with Crippen molar-refractivity contribution in [2.24, 2.45) is 4.99 Å². The van der Waals surface area contributed by atoms with Crippen LogP contribution in [0.5, 0.6) is 0 Å². The van der Waals surface area contributed by atoms with Gasteiger partial charge in [0.2, 0.25) is 0 Å². The van der Waals surface area contributed by atoms with E-state index >= 15 is 0 Å². The Bertz CT molecular complexity index is 474. The normalized spacial score (nSPS) is 17.6. The van der Waals surface area contributed by atoms with Crippen LogP contribution in [-0.4, -0.2) is 61.4 Å². The molecule has 25 heavy (non-hydrogen) atoms. The van der Waals surface area contributed by atoms with E-state index in [1.807, 2.05) is 0 Å². The first kappa shape index (κ1) is 22.5. The van der Waals surface area contributed by atoms with E-state index in [4.69, 9.17) is 4.99 Å². The zero-order valence-electron chi connectivity index (χ0n) is 18.8. The number of nitrogens with zero attached hydrogens (tertiary/aromatic N) is 4. The Morgan fingerprint density at radius 1 is 0.800 bits per heavy atom. The summed E-state index contributed by atoms with van der Waals surface area (Å²) in [6.07, 6.45) is 6.74. The Balaban J connectivity index is 3.28. The maximum Gasteiger partial charge on any atom is 0.698 e. The van der Waals surface area contributed by atoms with E-state index in [1.165, 1.54) is 0 Å². The van der Waals surface area contributed by atoms with Gasteiger partial charge in [0.15, 0.2) is 0 Å². The van der Waals surface area contributed by atoms with Crippen molar-refractivity contribution in [3.05, 3.63) is 12.4 Å². The Morgan fingerprint density at radius 3 is 1.48 bits per heavy atom. The molecule has 0 unspecified atom stereocenters. The maximum atomic E-state index is 4.75. The van der Waals surface area contributed by atoms with E-state index in [0.717, 1.165) is 6.54 Å². The van der Waals surface area contributed by atoms with Gasteiger partial charge in [-0.05, 0) is 101 Å². The van der Waals surface area contributed by atoms with Crippen molar-refractivity contribution >= 4 is 21.0 Å². The zero-order chi connectivity index (χ0) is 19.8. The number of hydrogen-bond acceptors (Lipinski definition) is 4. The van der Waals surface area contributed by atoms with Crippen molar-refractivity contribution in [3.63, 3.8) is 0 Å². The molecule has 4 nitrogen and oxygen atoms in total. The molecule has 0 spiro atoms. The van der Waals surface area contributed by atoms with E-state index in [-0.39, 0.29) is 22.2 Å². The molecule has 144 valence electrons. The van der Waals surface area contributed by atoms with Crippen LogP contribution in [0.15, 0.2) is 17.4 Å². The van der Waals surface area contributed by atoms with Crippen molar-refractivity contribution in [1.82, 2.24) is 11.7 Å². The molecular formula is C20H41AlN4. The second-order valence-electron chi connectivity index (χ2n) is 11.1. The molecule has 1 heterocycles. The number of hydrogen-bond donors (Lipinski definition) is 0. The van der Waals surface area contributed by atoms with E-state index in [2.05, 4.69) is 113 Å². The van der Waals surface area contributed by atoms with Crippen molar-refractivity contribution < 1.29 is 0 Å². The first-order valence-corrected chi connectivity index (χ1v) is 11.1. The van der Waals surface area contributed by atoms with Crippen molar-refractivity contribution in [1.29, 1.82) is 0 Å². The van der Waals surface area contributed by atoms with Crippen molar-refractivity contribution in [3.8, 4) is 0 Å². The summed E-state index contributed by atoms with van der Waals surface area (Å²) in [5.41, 5.74) is 0.280. The fourth-order valence-electron chi connectivity index (χ4n) is 2.99. The molecule has 0 aromatic carbocycles. The molecule has 0 N–H and O–H groups in total. The highest BCUT2D eigenvalue weighted by atomic mass is 27.2. The minimum Gasteiger partial charge on any atom is -0.431 e. The standard InChI is InChI=1S/C10H21N2.C10H20N2.Al/c2*1-9(2,3)11-7-8-12-10(4,5)6;/h7H,8H2,1-6H3;7-8H,1-6H3;/q-1;-2;+3. The second-order valence-corrected chi connectivity index (χ2v) is 13.5.